The maximum Gasteiger partial charge on any atom is 0.308 e. The number of hydrogen-bond acceptors (Lipinski definition) is 3. The van der Waals surface area contributed by atoms with E-state index in [1.165, 1.54) is 0 Å². The molecule has 0 rings (SSSR count). The highest BCUT2D eigenvalue weighted by molar-refractivity contribution is 5.77. The van der Waals surface area contributed by atoms with Gasteiger partial charge in [-0.2, -0.15) is 0 Å². The van der Waals surface area contributed by atoms with Crippen LogP contribution in [0.25, 0.3) is 0 Å². The van der Waals surface area contributed by atoms with Crippen molar-refractivity contribution in [3.63, 3.8) is 0 Å². The van der Waals surface area contributed by atoms with E-state index in [2.05, 4.69) is 6.92 Å². The third kappa shape index (κ3) is 7.15. The van der Waals surface area contributed by atoms with Gasteiger partial charge in [-0.1, -0.05) is 20.3 Å². The first kappa shape index (κ1) is 17.9. The molecule has 0 saturated heterocycles. The van der Waals surface area contributed by atoms with Gasteiger partial charge in [-0.05, 0) is 32.2 Å². The molecular formula is C14H28N2O3. The Labute approximate surface area is 116 Å². The van der Waals surface area contributed by atoms with Crippen LogP contribution in [0, 0.1) is 11.8 Å². The van der Waals surface area contributed by atoms with Gasteiger partial charge in [0.05, 0.1) is 5.92 Å². The summed E-state index contributed by atoms with van der Waals surface area (Å²) >= 11 is 0. The summed E-state index contributed by atoms with van der Waals surface area (Å²) in [6.45, 7) is 7.11. The lowest BCUT2D eigenvalue weighted by atomic mass is 9.96. The van der Waals surface area contributed by atoms with Gasteiger partial charge in [0.2, 0.25) is 5.91 Å². The highest BCUT2D eigenvalue weighted by Gasteiger charge is 2.19. The van der Waals surface area contributed by atoms with E-state index in [1.807, 2.05) is 6.92 Å². The summed E-state index contributed by atoms with van der Waals surface area (Å²) in [6, 6.07) is 0. The van der Waals surface area contributed by atoms with E-state index in [0.717, 1.165) is 19.3 Å². The van der Waals surface area contributed by atoms with Crippen LogP contribution in [0.15, 0.2) is 0 Å². The van der Waals surface area contributed by atoms with Gasteiger partial charge < -0.3 is 15.7 Å². The second-order valence-corrected chi connectivity index (χ2v) is 5.06. The summed E-state index contributed by atoms with van der Waals surface area (Å²) in [7, 11) is 0. The topological polar surface area (TPSA) is 83.6 Å². The summed E-state index contributed by atoms with van der Waals surface area (Å²) in [5.74, 6) is -0.841. The maximum atomic E-state index is 12.1. The van der Waals surface area contributed by atoms with E-state index in [9.17, 15) is 9.59 Å². The van der Waals surface area contributed by atoms with Gasteiger partial charge in [-0.15, -0.1) is 0 Å². The number of carboxylic acid groups (broad SMARTS) is 1. The summed E-state index contributed by atoms with van der Waals surface area (Å²) in [5, 5.41) is 8.88. The number of carboxylic acids is 1. The quantitative estimate of drug-likeness (QED) is 0.634. The van der Waals surface area contributed by atoms with Crippen LogP contribution in [-0.2, 0) is 9.59 Å². The predicted molar refractivity (Wildman–Crippen MR) is 75.7 cm³/mol. The van der Waals surface area contributed by atoms with Crippen molar-refractivity contribution in [2.45, 2.75) is 46.5 Å². The molecule has 1 amide bonds. The first-order chi connectivity index (χ1) is 8.96. The molecule has 0 fully saturated rings. The monoisotopic (exact) mass is 272 g/mol. The molecule has 112 valence electrons. The third-order valence-electron chi connectivity index (χ3n) is 3.57. The fraction of sp³-hybridized carbons (Fsp3) is 0.857. The number of nitrogens with two attached hydrogens (primary N) is 1. The second kappa shape index (κ2) is 9.78. The van der Waals surface area contributed by atoms with Gasteiger partial charge in [0, 0.05) is 19.5 Å². The molecule has 0 aliphatic carbocycles. The van der Waals surface area contributed by atoms with Crippen molar-refractivity contribution in [3.05, 3.63) is 0 Å². The first-order valence-corrected chi connectivity index (χ1v) is 7.16. The average molecular weight is 272 g/mol. The largest absolute Gasteiger partial charge is 0.481 e. The van der Waals surface area contributed by atoms with E-state index in [-0.39, 0.29) is 5.91 Å². The van der Waals surface area contributed by atoms with Crippen LogP contribution in [-0.4, -0.2) is 41.5 Å². The summed E-state index contributed by atoms with van der Waals surface area (Å²) in [6.07, 6.45) is 3.30. The molecule has 0 radical (unpaired) electrons. The van der Waals surface area contributed by atoms with Crippen LogP contribution >= 0.6 is 0 Å². The minimum absolute atomic E-state index is 0.0473. The van der Waals surface area contributed by atoms with Crippen molar-refractivity contribution >= 4 is 11.9 Å². The standard InChI is InChI=1S/C14H28N2O3/c1-4-12(8-9-15)6-7-13(17)16(5-2)10-11(3)14(18)19/h11-12H,4-10,15H2,1-3H3,(H,18,19). The van der Waals surface area contributed by atoms with Gasteiger partial charge in [0.15, 0.2) is 0 Å². The molecule has 5 nitrogen and oxygen atoms in total. The molecular weight excluding hydrogens is 244 g/mol. The van der Waals surface area contributed by atoms with Gasteiger partial charge >= 0.3 is 5.97 Å². The molecule has 3 N–H and O–H groups in total. The Hall–Kier alpha value is -1.10. The molecule has 2 unspecified atom stereocenters. The Balaban J connectivity index is 4.24. The zero-order chi connectivity index (χ0) is 14.8. The maximum absolute atomic E-state index is 12.1. The number of amides is 1. The van der Waals surface area contributed by atoms with E-state index in [0.29, 0.717) is 32.0 Å². The normalized spacial score (nSPS) is 13.9. The van der Waals surface area contributed by atoms with Crippen molar-refractivity contribution in [1.29, 1.82) is 0 Å². The fourth-order valence-corrected chi connectivity index (χ4v) is 2.09. The van der Waals surface area contributed by atoms with E-state index < -0.39 is 11.9 Å². The molecule has 5 heteroatoms. The average Bonchev–Trinajstić information content (AvgIpc) is 2.39. The Morgan fingerprint density at radius 3 is 2.32 bits per heavy atom. The van der Waals surface area contributed by atoms with Gasteiger partial charge in [-0.3, -0.25) is 9.59 Å². The minimum Gasteiger partial charge on any atom is -0.481 e. The zero-order valence-corrected chi connectivity index (χ0v) is 12.4. The molecule has 0 aliphatic heterocycles. The molecule has 0 aliphatic rings. The number of carbonyl (C=O) groups excluding carboxylic acids is 1. The van der Waals surface area contributed by atoms with E-state index in [4.69, 9.17) is 10.8 Å². The fourth-order valence-electron chi connectivity index (χ4n) is 2.09. The van der Waals surface area contributed by atoms with Gasteiger partial charge in [0.25, 0.3) is 0 Å². The lowest BCUT2D eigenvalue weighted by molar-refractivity contribution is -0.143. The molecule has 19 heavy (non-hydrogen) atoms. The molecule has 0 heterocycles. The summed E-state index contributed by atoms with van der Waals surface area (Å²) in [4.78, 5) is 24.5. The summed E-state index contributed by atoms with van der Waals surface area (Å²) in [5.41, 5.74) is 5.54. The Bertz CT molecular complexity index is 282. The second-order valence-electron chi connectivity index (χ2n) is 5.06. The van der Waals surface area contributed by atoms with E-state index in [1.54, 1.807) is 11.8 Å². The van der Waals surface area contributed by atoms with Crippen LogP contribution in [0.2, 0.25) is 0 Å². The Morgan fingerprint density at radius 2 is 1.89 bits per heavy atom. The lowest BCUT2D eigenvalue weighted by Crippen LogP contribution is -2.36. The Morgan fingerprint density at radius 1 is 1.26 bits per heavy atom. The van der Waals surface area contributed by atoms with Gasteiger partial charge in [-0.25, -0.2) is 0 Å². The van der Waals surface area contributed by atoms with Crippen molar-refractivity contribution in [1.82, 2.24) is 4.90 Å². The van der Waals surface area contributed by atoms with Crippen molar-refractivity contribution in [3.8, 4) is 0 Å². The van der Waals surface area contributed by atoms with Crippen LogP contribution in [0.5, 0.6) is 0 Å². The number of nitrogens with zero attached hydrogens (tertiary/aromatic N) is 1. The molecule has 0 spiro atoms. The highest BCUT2D eigenvalue weighted by Crippen LogP contribution is 2.15. The van der Waals surface area contributed by atoms with Crippen LogP contribution in [0.4, 0.5) is 0 Å². The minimum atomic E-state index is -0.860. The van der Waals surface area contributed by atoms with E-state index >= 15 is 0 Å². The number of aliphatic carboxylic acids is 1. The van der Waals surface area contributed by atoms with Crippen molar-refractivity contribution in [2.24, 2.45) is 17.6 Å². The summed E-state index contributed by atoms with van der Waals surface area (Å²) < 4.78 is 0. The third-order valence-corrected chi connectivity index (χ3v) is 3.57. The van der Waals surface area contributed by atoms with Crippen molar-refractivity contribution in [2.75, 3.05) is 19.6 Å². The smallest absolute Gasteiger partial charge is 0.308 e. The Kier molecular flexibility index (Phi) is 9.21. The van der Waals surface area contributed by atoms with Crippen LogP contribution < -0.4 is 5.73 Å². The first-order valence-electron chi connectivity index (χ1n) is 7.16. The van der Waals surface area contributed by atoms with Crippen LogP contribution in [0.3, 0.4) is 0 Å². The highest BCUT2D eigenvalue weighted by atomic mass is 16.4. The zero-order valence-electron chi connectivity index (χ0n) is 12.4. The van der Waals surface area contributed by atoms with Crippen LogP contribution in [0.1, 0.15) is 46.5 Å². The SMILES string of the molecule is CCC(CCN)CCC(=O)N(CC)CC(C)C(=O)O. The number of hydrogen-bond donors (Lipinski definition) is 2. The molecule has 2 atom stereocenters. The molecule has 0 aromatic rings. The number of carbonyl (C=O) groups is 2. The molecule has 0 bridgehead atoms. The molecule has 0 aromatic carbocycles. The molecule has 0 aromatic heterocycles. The number of rotatable bonds is 10. The molecule has 0 saturated carbocycles. The lowest BCUT2D eigenvalue weighted by Gasteiger charge is -2.24. The predicted octanol–water partition coefficient (Wildman–Crippen LogP) is 1.71. The van der Waals surface area contributed by atoms with Gasteiger partial charge in [0.1, 0.15) is 0 Å². The van der Waals surface area contributed by atoms with Crippen molar-refractivity contribution < 1.29 is 14.7 Å².